The molecule has 0 radical (unpaired) electrons. The van der Waals surface area contributed by atoms with E-state index in [-0.39, 0.29) is 18.0 Å². The second-order valence-corrected chi connectivity index (χ2v) is 5.48. The summed E-state index contributed by atoms with van der Waals surface area (Å²) in [5.41, 5.74) is 0. The molecule has 0 aliphatic carbocycles. The van der Waals surface area contributed by atoms with Gasteiger partial charge in [-0.3, -0.25) is 4.79 Å². The van der Waals surface area contributed by atoms with Gasteiger partial charge in [0.1, 0.15) is 5.76 Å². The molecule has 0 fully saturated rings. The average Bonchev–Trinajstić information content (AvgIpc) is 2.87. The molecule has 19 heavy (non-hydrogen) atoms. The highest BCUT2D eigenvalue weighted by molar-refractivity contribution is 5.81. The molecule has 0 aromatic carbocycles. The second kappa shape index (κ2) is 8.00. The van der Waals surface area contributed by atoms with Crippen molar-refractivity contribution in [1.29, 1.82) is 0 Å². The van der Waals surface area contributed by atoms with Crippen LogP contribution in [0.5, 0.6) is 0 Å². The van der Waals surface area contributed by atoms with E-state index in [1.165, 1.54) is 0 Å². The third-order valence-electron chi connectivity index (χ3n) is 3.16. The number of hydrogen-bond donors (Lipinski definition) is 2. The van der Waals surface area contributed by atoms with Crippen LogP contribution in [0.1, 0.15) is 39.4 Å². The predicted octanol–water partition coefficient (Wildman–Crippen LogP) is 2.35. The van der Waals surface area contributed by atoms with Crippen LogP contribution in [0.25, 0.3) is 0 Å². The van der Waals surface area contributed by atoms with Crippen molar-refractivity contribution in [3.05, 3.63) is 24.2 Å². The van der Waals surface area contributed by atoms with E-state index in [1.54, 1.807) is 13.3 Å². The summed E-state index contributed by atoms with van der Waals surface area (Å²) in [7, 11) is 1.69. The Kier molecular flexibility index (Phi) is 6.64. The number of carbonyl (C=O) groups is 1. The number of carbonyl (C=O) groups excluding carboxylic acids is 1. The average molecular weight is 266 g/mol. The lowest BCUT2D eigenvalue weighted by molar-refractivity contribution is -0.123. The lowest BCUT2D eigenvalue weighted by Crippen LogP contribution is -2.47. The van der Waals surface area contributed by atoms with Gasteiger partial charge in [-0.05, 0) is 37.8 Å². The largest absolute Gasteiger partial charge is 0.469 e. The molecule has 1 rings (SSSR count). The van der Waals surface area contributed by atoms with Gasteiger partial charge in [-0.1, -0.05) is 13.8 Å². The van der Waals surface area contributed by atoms with Crippen LogP contribution in [0.4, 0.5) is 0 Å². The van der Waals surface area contributed by atoms with E-state index >= 15 is 0 Å². The van der Waals surface area contributed by atoms with Crippen LogP contribution >= 0.6 is 0 Å². The molecule has 0 saturated heterocycles. The molecule has 1 heterocycles. The van der Waals surface area contributed by atoms with E-state index in [9.17, 15) is 4.79 Å². The standard InChI is InChI=1S/C15H26N2O2/c1-11(2)10-14(15(18)16-4)17-12(3)7-8-13-6-5-9-19-13/h5-6,9,11-12,14,17H,7-8,10H2,1-4H3,(H,16,18). The normalized spacial score (nSPS) is 14.4. The van der Waals surface area contributed by atoms with Crippen molar-refractivity contribution < 1.29 is 9.21 Å². The molecule has 0 spiro atoms. The number of amides is 1. The van der Waals surface area contributed by atoms with Crippen LogP contribution in [0, 0.1) is 5.92 Å². The van der Waals surface area contributed by atoms with Crippen LogP contribution in [0.15, 0.2) is 22.8 Å². The van der Waals surface area contributed by atoms with Crippen molar-refractivity contribution in [3.8, 4) is 0 Å². The number of aryl methyl sites for hydroxylation is 1. The number of nitrogens with one attached hydrogen (secondary N) is 2. The van der Waals surface area contributed by atoms with Gasteiger partial charge in [0.25, 0.3) is 0 Å². The fourth-order valence-corrected chi connectivity index (χ4v) is 2.14. The summed E-state index contributed by atoms with van der Waals surface area (Å²) in [6, 6.07) is 4.05. The molecular weight excluding hydrogens is 240 g/mol. The Balaban J connectivity index is 2.41. The smallest absolute Gasteiger partial charge is 0.236 e. The molecule has 0 aliphatic heterocycles. The molecule has 2 atom stereocenters. The highest BCUT2D eigenvalue weighted by atomic mass is 16.3. The van der Waals surface area contributed by atoms with Gasteiger partial charge in [-0.15, -0.1) is 0 Å². The first kappa shape index (κ1) is 15.8. The maximum absolute atomic E-state index is 11.8. The Labute approximate surface area is 116 Å². The van der Waals surface area contributed by atoms with E-state index in [0.29, 0.717) is 5.92 Å². The molecule has 4 heteroatoms. The fraction of sp³-hybridized carbons (Fsp3) is 0.667. The number of rotatable bonds is 8. The summed E-state index contributed by atoms with van der Waals surface area (Å²) in [6.45, 7) is 6.37. The van der Waals surface area contributed by atoms with Crippen molar-refractivity contribution in [1.82, 2.24) is 10.6 Å². The van der Waals surface area contributed by atoms with Gasteiger partial charge >= 0.3 is 0 Å². The molecule has 1 aromatic rings. The van der Waals surface area contributed by atoms with Crippen LogP contribution in [-0.4, -0.2) is 25.0 Å². The zero-order valence-corrected chi connectivity index (χ0v) is 12.4. The van der Waals surface area contributed by atoms with E-state index in [1.807, 2.05) is 12.1 Å². The summed E-state index contributed by atoms with van der Waals surface area (Å²) >= 11 is 0. The lowest BCUT2D eigenvalue weighted by Gasteiger charge is -2.23. The van der Waals surface area contributed by atoms with Gasteiger partial charge in [-0.25, -0.2) is 0 Å². The lowest BCUT2D eigenvalue weighted by atomic mass is 10.0. The van der Waals surface area contributed by atoms with E-state index in [0.717, 1.165) is 25.0 Å². The first-order valence-corrected chi connectivity index (χ1v) is 7.03. The van der Waals surface area contributed by atoms with E-state index in [4.69, 9.17) is 4.42 Å². The fourth-order valence-electron chi connectivity index (χ4n) is 2.14. The predicted molar refractivity (Wildman–Crippen MR) is 76.9 cm³/mol. The molecule has 2 unspecified atom stereocenters. The molecule has 2 N–H and O–H groups in total. The van der Waals surface area contributed by atoms with E-state index < -0.39 is 0 Å². The molecule has 108 valence electrons. The summed E-state index contributed by atoms with van der Waals surface area (Å²) in [5.74, 6) is 1.56. The maximum Gasteiger partial charge on any atom is 0.236 e. The summed E-state index contributed by atoms with van der Waals surface area (Å²) < 4.78 is 5.31. The third kappa shape index (κ3) is 5.92. The van der Waals surface area contributed by atoms with Crippen molar-refractivity contribution >= 4 is 5.91 Å². The Morgan fingerprint density at radius 3 is 2.63 bits per heavy atom. The Morgan fingerprint density at radius 2 is 2.11 bits per heavy atom. The summed E-state index contributed by atoms with van der Waals surface area (Å²) in [6.07, 6.45) is 4.40. The second-order valence-electron chi connectivity index (χ2n) is 5.48. The Hall–Kier alpha value is -1.29. The molecular formula is C15H26N2O2. The van der Waals surface area contributed by atoms with Crippen molar-refractivity contribution in [2.45, 2.75) is 52.1 Å². The zero-order chi connectivity index (χ0) is 14.3. The van der Waals surface area contributed by atoms with Crippen LogP contribution < -0.4 is 10.6 Å². The molecule has 4 nitrogen and oxygen atoms in total. The van der Waals surface area contributed by atoms with Gasteiger partial charge in [0.15, 0.2) is 0 Å². The summed E-state index contributed by atoms with van der Waals surface area (Å²) in [5, 5.41) is 6.13. The number of hydrogen-bond acceptors (Lipinski definition) is 3. The minimum absolute atomic E-state index is 0.0681. The Morgan fingerprint density at radius 1 is 1.37 bits per heavy atom. The van der Waals surface area contributed by atoms with Crippen molar-refractivity contribution in [2.24, 2.45) is 5.92 Å². The molecule has 0 aliphatic rings. The maximum atomic E-state index is 11.8. The first-order chi connectivity index (χ1) is 9.02. The van der Waals surface area contributed by atoms with Gasteiger partial charge in [0.05, 0.1) is 12.3 Å². The zero-order valence-electron chi connectivity index (χ0n) is 12.4. The third-order valence-corrected chi connectivity index (χ3v) is 3.16. The topological polar surface area (TPSA) is 54.3 Å². The first-order valence-electron chi connectivity index (χ1n) is 7.03. The van der Waals surface area contributed by atoms with Gasteiger partial charge in [0, 0.05) is 19.5 Å². The number of likely N-dealkylation sites (N-methyl/N-ethyl adjacent to an activating group) is 1. The summed E-state index contributed by atoms with van der Waals surface area (Å²) in [4.78, 5) is 11.8. The van der Waals surface area contributed by atoms with Gasteiger partial charge < -0.3 is 15.1 Å². The van der Waals surface area contributed by atoms with Gasteiger partial charge in [-0.2, -0.15) is 0 Å². The monoisotopic (exact) mass is 266 g/mol. The van der Waals surface area contributed by atoms with Crippen molar-refractivity contribution in [2.75, 3.05) is 7.05 Å². The van der Waals surface area contributed by atoms with Crippen LogP contribution in [0.3, 0.4) is 0 Å². The molecule has 1 aromatic heterocycles. The van der Waals surface area contributed by atoms with E-state index in [2.05, 4.69) is 31.4 Å². The molecule has 0 saturated carbocycles. The SMILES string of the molecule is CNC(=O)C(CC(C)C)NC(C)CCc1ccco1. The van der Waals surface area contributed by atoms with Crippen LogP contribution in [0.2, 0.25) is 0 Å². The Bertz CT molecular complexity index is 360. The quantitative estimate of drug-likeness (QED) is 0.759. The highest BCUT2D eigenvalue weighted by Gasteiger charge is 2.20. The minimum Gasteiger partial charge on any atom is -0.469 e. The number of furan rings is 1. The van der Waals surface area contributed by atoms with Crippen molar-refractivity contribution in [3.63, 3.8) is 0 Å². The minimum atomic E-state index is -0.114. The van der Waals surface area contributed by atoms with Gasteiger partial charge in [0.2, 0.25) is 5.91 Å². The molecule has 1 amide bonds. The highest BCUT2D eigenvalue weighted by Crippen LogP contribution is 2.09. The van der Waals surface area contributed by atoms with Crippen LogP contribution in [-0.2, 0) is 11.2 Å². The molecule has 0 bridgehead atoms.